The van der Waals surface area contributed by atoms with Crippen molar-refractivity contribution in [2.75, 3.05) is 0 Å². The van der Waals surface area contributed by atoms with E-state index in [1.54, 1.807) is 11.1 Å². The first-order chi connectivity index (χ1) is 6.79. The smallest absolute Gasteiger partial charge is 0.0166 e. The molecule has 0 aromatic rings. The zero-order chi connectivity index (χ0) is 9.71. The Morgan fingerprint density at radius 1 is 1.29 bits per heavy atom. The lowest BCUT2D eigenvalue weighted by Gasteiger charge is -2.35. The summed E-state index contributed by atoms with van der Waals surface area (Å²) in [6.45, 7) is 4.55. The molecule has 76 valence electrons. The molecule has 2 saturated carbocycles. The molecule has 0 aliphatic heterocycles. The largest absolute Gasteiger partial charge is 0.0882 e. The van der Waals surface area contributed by atoms with Gasteiger partial charge in [0.25, 0.3) is 0 Å². The summed E-state index contributed by atoms with van der Waals surface area (Å²) in [6, 6.07) is 0. The van der Waals surface area contributed by atoms with Gasteiger partial charge in [-0.05, 0) is 63.2 Å². The normalized spacial score (nSPS) is 48.1. The Morgan fingerprint density at radius 2 is 2.14 bits per heavy atom. The standard InChI is InChI=1S/C14H20/c1-3-10-7-11-8-14(10)12-5-4-9(2)6-13(11)12/h3-4,11-14H,5-8H2,1-2H3/b10-3-. The van der Waals surface area contributed by atoms with Gasteiger partial charge in [0, 0.05) is 0 Å². The van der Waals surface area contributed by atoms with Gasteiger partial charge < -0.3 is 0 Å². The Balaban J connectivity index is 1.90. The molecule has 3 rings (SSSR count). The van der Waals surface area contributed by atoms with Crippen molar-refractivity contribution in [3.8, 4) is 0 Å². The third kappa shape index (κ3) is 1.06. The van der Waals surface area contributed by atoms with Crippen molar-refractivity contribution in [1.29, 1.82) is 0 Å². The maximum atomic E-state index is 2.50. The lowest BCUT2D eigenvalue weighted by Crippen LogP contribution is -2.26. The Hall–Kier alpha value is -0.520. The zero-order valence-electron chi connectivity index (χ0n) is 9.29. The molecule has 2 fully saturated rings. The van der Waals surface area contributed by atoms with Crippen LogP contribution in [0, 0.1) is 23.7 Å². The van der Waals surface area contributed by atoms with Gasteiger partial charge in [0.1, 0.15) is 0 Å². The molecule has 3 aliphatic carbocycles. The Kier molecular flexibility index (Phi) is 1.87. The summed E-state index contributed by atoms with van der Waals surface area (Å²) in [5.74, 6) is 4.08. The quantitative estimate of drug-likeness (QED) is 0.505. The van der Waals surface area contributed by atoms with Crippen molar-refractivity contribution in [1.82, 2.24) is 0 Å². The third-order valence-corrected chi connectivity index (χ3v) is 4.87. The summed E-state index contributed by atoms with van der Waals surface area (Å²) in [4.78, 5) is 0. The van der Waals surface area contributed by atoms with Gasteiger partial charge in [0.15, 0.2) is 0 Å². The fraction of sp³-hybridized carbons (Fsp3) is 0.714. The van der Waals surface area contributed by atoms with E-state index in [2.05, 4.69) is 26.0 Å². The molecule has 4 unspecified atom stereocenters. The Labute approximate surface area is 87.1 Å². The van der Waals surface area contributed by atoms with Gasteiger partial charge in [0.2, 0.25) is 0 Å². The monoisotopic (exact) mass is 188 g/mol. The molecule has 4 atom stereocenters. The first-order valence-electron chi connectivity index (χ1n) is 6.10. The molecular weight excluding hydrogens is 168 g/mol. The van der Waals surface area contributed by atoms with Crippen molar-refractivity contribution in [2.45, 2.75) is 39.5 Å². The SMILES string of the molecule is C/C=C1/CC2CC1C1CC=C(C)CC21. The molecule has 0 heterocycles. The zero-order valence-corrected chi connectivity index (χ0v) is 9.29. The number of fused-ring (bicyclic) bond motifs is 5. The minimum atomic E-state index is 0.972. The van der Waals surface area contributed by atoms with E-state index in [-0.39, 0.29) is 0 Å². The fourth-order valence-corrected chi connectivity index (χ4v) is 4.22. The predicted octanol–water partition coefficient (Wildman–Crippen LogP) is 3.95. The molecule has 0 spiro atoms. The fourth-order valence-electron chi connectivity index (χ4n) is 4.22. The Morgan fingerprint density at radius 3 is 2.93 bits per heavy atom. The highest BCUT2D eigenvalue weighted by Gasteiger charge is 2.49. The maximum Gasteiger partial charge on any atom is -0.0166 e. The molecule has 0 nitrogen and oxygen atoms in total. The van der Waals surface area contributed by atoms with Crippen LogP contribution in [-0.4, -0.2) is 0 Å². The molecule has 0 amide bonds. The minimum Gasteiger partial charge on any atom is -0.0882 e. The maximum absolute atomic E-state index is 2.50. The van der Waals surface area contributed by atoms with Gasteiger partial charge in [-0.1, -0.05) is 23.3 Å². The summed E-state index contributed by atoms with van der Waals surface area (Å²) in [5.41, 5.74) is 3.44. The molecule has 3 aliphatic rings. The lowest BCUT2D eigenvalue weighted by atomic mass is 9.70. The van der Waals surface area contributed by atoms with Gasteiger partial charge in [-0.25, -0.2) is 0 Å². The molecule has 2 bridgehead atoms. The van der Waals surface area contributed by atoms with Crippen LogP contribution in [0.4, 0.5) is 0 Å². The van der Waals surface area contributed by atoms with Crippen molar-refractivity contribution in [3.63, 3.8) is 0 Å². The molecule has 0 radical (unpaired) electrons. The topological polar surface area (TPSA) is 0 Å². The molecule has 14 heavy (non-hydrogen) atoms. The average molecular weight is 188 g/mol. The number of hydrogen-bond donors (Lipinski definition) is 0. The Bertz CT molecular complexity index is 308. The van der Waals surface area contributed by atoms with Crippen LogP contribution in [0.5, 0.6) is 0 Å². The third-order valence-electron chi connectivity index (χ3n) is 4.87. The second-order valence-electron chi connectivity index (χ2n) is 5.49. The molecule has 0 heteroatoms. The average Bonchev–Trinajstić information content (AvgIpc) is 2.74. The van der Waals surface area contributed by atoms with Gasteiger partial charge in [-0.3, -0.25) is 0 Å². The van der Waals surface area contributed by atoms with E-state index >= 15 is 0 Å². The summed E-state index contributed by atoms with van der Waals surface area (Å²) in [5, 5.41) is 0. The van der Waals surface area contributed by atoms with Crippen molar-refractivity contribution < 1.29 is 0 Å². The predicted molar refractivity (Wildman–Crippen MR) is 59.9 cm³/mol. The number of hydrogen-bond acceptors (Lipinski definition) is 0. The van der Waals surface area contributed by atoms with Crippen LogP contribution < -0.4 is 0 Å². The molecule has 0 aromatic heterocycles. The minimum absolute atomic E-state index is 0.972. The van der Waals surface area contributed by atoms with Crippen molar-refractivity contribution in [3.05, 3.63) is 23.3 Å². The van der Waals surface area contributed by atoms with E-state index in [9.17, 15) is 0 Å². The second kappa shape index (κ2) is 2.98. The highest BCUT2D eigenvalue weighted by atomic mass is 14.5. The lowest BCUT2D eigenvalue weighted by molar-refractivity contribution is 0.247. The molecular formula is C14H20. The van der Waals surface area contributed by atoms with Gasteiger partial charge >= 0.3 is 0 Å². The first kappa shape index (κ1) is 8.76. The van der Waals surface area contributed by atoms with E-state index in [0.717, 1.165) is 23.7 Å². The molecule has 0 aromatic carbocycles. The van der Waals surface area contributed by atoms with Gasteiger partial charge in [-0.15, -0.1) is 0 Å². The van der Waals surface area contributed by atoms with Crippen LogP contribution in [0.15, 0.2) is 23.3 Å². The molecule has 0 N–H and O–H groups in total. The van der Waals surface area contributed by atoms with E-state index in [4.69, 9.17) is 0 Å². The van der Waals surface area contributed by atoms with Crippen molar-refractivity contribution in [2.24, 2.45) is 23.7 Å². The van der Waals surface area contributed by atoms with Crippen LogP contribution in [0.2, 0.25) is 0 Å². The summed E-state index contributed by atoms with van der Waals surface area (Å²) >= 11 is 0. The molecule has 0 saturated heterocycles. The van der Waals surface area contributed by atoms with Gasteiger partial charge in [0.05, 0.1) is 0 Å². The first-order valence-corrected chi connectivity index (χ1v) is 6.10. The number of allylic oxidation sites excluding steroid dienone is 4. The highest BCUT2D eigenvalue weighted by Crippen LogP contribution is 2.59. The van der Waals surface area contributed by atoms with E-state index in [0.29, 0.717) is 0 Å². The van der Waals surface area contributed by atoms with Crippen LogP contribution in [0.25, 0.3) is 0 Å². The van der Waals surface area contributed by atoms with Crippen LogP contribution >= 0.6 is 0 Å². The van der Waals surface area contributed by atoms with Crippen LogP contribution in [0.1, 0.15) is 39.5 Å². The summed E-state index contributed by atoms with van der Waals surface area (Å²) in [7, 11) is 0. The van der Waals surface area contributed by atoms with E-state index < -0.39 is 0 Å². The van der Waals surface area contributed by atoms with E-state index in [1.165, 1.54) is 25.7 Å². The van der Waals surface area contributed by atoms with Crippen LogP contribution in [-0.2, 0) is 0 Å². The summed E-state index contributed by atoms with van der Waals surface area (Å²) < 4.78 is 0. The number of rotatable bonds is 0. The second-order valence-corrected chi connectivity index (χ2v) is 5.49. The highest BCUT2D eigenvalue weighted by molar-refractivity contribution is 5.24. The van der Waals surface area contributed by atoms with Crippen molar-refractivity contribution >= 4 is 0 Å². The summed E-state index contributed by atoms with van der Waals surface area (Å²) in [6.07, 6.45) is 10.6. The van der Waals surface area contributed by atoms with E-state index in [1.807, 2.05) is 0 Å². The van der Waals surface area contributed by atoms with Crippen LogP contribution in [0.3, 0.4) is 0 Å². The van der Waals surface area contributed by atoms with Gasteiger partial charge in [-0.2, -0.15) is 0 Å².